The average Bonchev–Trinajstić information content (AvgIpc) is 1.99. The van der Waals surface area contributed by atoms with Gasteiger partial charge in [0.05, 0.1) is 11.5 Å². The summed E-state index contributed by atoms with van der Waals surface area (Å²) in [4.78, 5) is 13.8. The number of rotatable bonds is 1. The number of carboxylic acid groups (broad SMARTS) is 1. The lowest BCUT2D eigenvalue weighted by Gasteiger charge is -2.14. The van der Waals surface area contributed by atoms with E-state index in [1.54, 1.807) is 0 Å². The molecule has 0 amide bonds. The van der Waals surface area contributed by atoms with E-state index in [1.165, 1.54) is 22.6 Å². The molecule has 0 spiro atoms. The van der Waals surface area contributed by atoms with E-state index in [0.717, 1.165) is 0 Å². The van der Waals surface area contributed by atoms with Crippen LogP contribution in [0.5, 0.6) is 0 Å². The molecular formula is C7HClF3INO2-. The highest BCUT2D eigenvalue weighted by atomic mass is 127. The van der Waals surface area contributed by atoms with E-state index >= 15 is 0 Å². The molecule has 0 aliphatic carbocycles. The Hall–Kier alpha value is -0.570. The summed E-state index contributed by atoms with van der Waals surface area (Å²) in [5, 5.41) is 10.1. The van der Waals surface area contributed by atoms with Crippen LogP contribution < -0.4 is 5.11 Å². The van der Waals surface area contributed by atoms with Gasteiger partial charge in [-0.15, -0.1) is 0 Å². The van der Waals surface area contributed by atoms with Crippen molar-refractivity contribution in [3.05, 3.63) is 26.0 Å². The van der Waals surface area contributed by atoms with Gasteiger partial charge in [0.25, 0.3) is 0 Å². The first-order chi connectivity index (χ1) is 6.73. The molecule has 0 aromatic carbocycles. The van der Waals surface area contributed by atoms with Gasteiger partial charge in [-0.05, 0) is 28.7 Å². The summed E-state index contributed by atoms with van der Waals surface area (Å²) >= 11 is 6.61. The highest BCUT2D eigenvalue weighted by Gasteiger charge is 2.37. The Balaban J connectivity index is 3.55. The summed E-state index contributed by atoms with van der Waals surface area (Å²) in [5.41, 5.74) is -2.35. The van der Waals surface area contributed by atoms with Crippen LogP contribution in [0.15, 0.2) is 6.07 Å². The number of aromatic carboxylic acids is 1. The molecule has 82 valence electrons. The fourth-order valence-electron chi connectivity index (χ4n) is 0.915. The average molecular weight is 350 g/mol. The molecule has 0 fully saturated rings. The molecule has 0 N–H and O–H groups in total. The second-order valence-electron chi connectivity index (χ2n) is 2.44. The molecule has 0 saturated carbocycles. The largest absolute Gasteiger partial charge is 0.545 e. The van der Waals surface area contributed by atoms with Gasteiger partial charge in [0.15, 0.2) is 0 Å². The third kappa shape index (κ3) is 2.71. The number of carboxylic acids is 1. The minimum Gasteiger partial charge on any atom is -0.545 e. The minimum atomic E-state index is -4.80. The van der Waals surface area contributed by atoms with Crippen molar-refractivity contribution >= 4 is 40.2 Å². The van der Waals surface area contributed by atoms with Crippen LogP contribution in [0.3, 0.4) is 0 Å². The Labute approximate surface area is 100 Å². The van der Waals surface area contributed by atoms with Crippen molar-refractivity contribution in [2.24, 2.45) is 0 Å². The molecule has 0 bridgehead atoms. The Morgan fingerprint density at radius 3 is 2.47 bits per heavy atom. The van der Waals surface area contributed by atoms with Crippen molar-refractivity contribution in [3.8, 4) is 0 Å². The van der Waals surface area contributed by atoms with Gasteiger partial charge in [0.2, 0.25) is 0 Å². The van der Waals surface area contributed by atoms with Crippen LogP contribution >= 0.6 is 34.2 Å². The van der Waals surface area contributed by atoms with Gasteiger partial charge >= 0.3 is 6.18 Å². The van der Waals surface area contributed by atoms with Crippen molar-refractivity contribution < 1.29 is 23.1 Å². The van der Waals surface area contributed by atoms with Gasteiger partial charge in [0, 0.05) is 5.56 Å². The minimum absolute atomic E-state index is 0.327. The van der Waals surface area contributed by atoms with Gasteiger partial charge < -0.3 is 9.90 Å². The van der Waals surface area contributed by atoms with Crippen LogP contribution in [0.25, 0.3) is 0 Å². The van der Waals surface area contributed by atoms with Crippen LogP contribution in [0.2, 0.25) is 5.15 Å². The maximum absolute atomic E-state index is 12.4. The van der Waals surface area contributed by atoms with E-state index in [0.29, 0.717) is 6.07 Å². The molecule has 3 nitrogen and oxygen atoms in total. The number of pyridine rings is 1. The molecule has 0 saturated heterocycles. The lowest BCUT2D eigenvalue weighted by molar-refractivity contribution is -0.255. The van der Waals surface area contributed by atoms with E-state index in [1.807, 2.05) is 0 Å². The number of carbonyl (C=O) groups excluding carboxylic acids is 1. The predicted molar refractivity (Wildman–Crippen MR) is 51.3 cm³/mol. The lowest BCUT2D eigenvalue weighted by atomic mass is 10.1. The first-order valence-corrected chi connectivity index (χ1v) is 4.83. The van der Waals surface area contributed by atoms with Crippen LogP contribution in [0.1, 0.15) is 15.9 Å². The van der Waals surface area contributed by atoms with Crippen molar-refractivity contribution in [3.63, 3.8) is 0 Å². The topological polar surface area (TPSA) is 53.0 Å². The van der Waals surface area contributed by atoms with E-state index in [9.17, 15) is 23.1 Å². The number of halogens is 5. The lowest BCUT2D eigenvalue weighted by Crippen LogP contribution is -2.27. The Kier molecular flexibility index (Phi) is 3.44. The zero-order valence-corrected chi connectivity index (χ0v) is 9.64. The molecule has 0 unspecified atom stereocenters. The van der Waals surface area contributed by atoms with Gasteiger partial charge in [-0.2, -0.15) is 13.2 Å². The van der Waals surface area contributed by atoms with E-state index in [2.05, 4.69) is 4.98 Å². The molecule has 0 aliphatic rings. The molecule has 8 heteroatoms. The molecule has 0 aliphatic heterocycles. The molecule has 0 radical (unpaired) electrons. The van der Waals surface area contributed by atoms with Crippen molar-refractivity contribution in [2.45, 2.75) is 6.18 Å². The molecular weight excluding hydrogens is 349 g/mol. The van der Waals surface area contributed by atoms with E-state index < -0.39 is 27.0 Å². The summed E-state index contributed by atoms with van der Waals surface area (Å²) in [6, 6.07) is 0.613. The molecule has 1 heterocycles. The van der Waals surface area contributed by atoms with E-state index in [4.69, 9.17) is 11.6 Å². The Bertz CT molecular complexity index is 421. The summed E-state index contributed by atoms with van der Waals surface area (Å²) in [7, 11) is 0. The van der Waals surface area contributed by atoms with Gasteiger partial charge in [-0.1, -0.05) is 11.6 Å². The Morgan fingerprint density at radius 1 is 1.53 bits per heavy atom. The third-order valence-electron chi connectivity index (χ3n) is 1.45. The fourth-order valence-corrected chi connectivity index (χ4v) is 2.11. The maximum Gasteiger partial charge on any atom is 0.419 e. The maximum atomic E-state index is 12.4. The normalized spacial score (nSPS) is 11.5. The molecule has 1 aromatic rings. The highest BCUT2D eigenvalue weighted by Crippen LogP contribution is 2.35. The highest BCUT2D eigenvalue weighted by molar-refractivity contribution is 14.1. The molecule has 1 rings (SSSR count). The first kappa shape index (κ1) is 12.5. The SMILES string of the molecule is O=C([O-])c1cc(Cl)nc(I)c1C(F)(F)F. The monoisotopic (exact) mass is 350 g/mol. The first-order valence-electron chi connectivity index (χ1n) is 3.38. The zero-order valence-electron chi connectivity index (χ0n) is 6.73. The number of alkyl halides is 3. The number of hydrogen-bond acceptors (Lipinski definition) is 3. The van der Waals surface area contributed by atoms with Gasteiger partial charge in [-0.3, -0.25) is 0 Å². The van der Waals surface area contributed by atoms with Crippen LogP contribution in [0, 0.1) is 3.70 Å². The van der Waals surface area contributed by atoms with Crippen LogP contribution in [0.4, 0.5) is 13.2 Å². The summed E-state index contributed by atoms with van der Waals surface area (Å²) in [6.07, 6.45) is -4.80. The van der Waals surface area contributed by atoms with Crippen molar-refractivity contribution in [2.75, 3.05) is 0 Å². The standard InChI is InChI=1S/C7H2ClF3INO2/c8-3-1-2(6(14)15)4(5(12)13-3)7(9,10)11/h1H,(H,14,15)/p-1. The Morgan fingerprint density at radius 2 is 2.07 bits per heavy atom. The summed E-state index contributed by atoms with van der Waals surface area (Å²) in [5.74, 6) is -1.94. The van der Waals surface area contributed by atoms with Crippen LogP contribution in [-0.2, 0) is 6.18 Å². The van der Waals surface area contributed by atoms with Crippen LogP contribution in [-0.4, -0.2) is 11.0 Å². The predicted octanol–water partition coefficient (Wildman–Crippen LogP) is 1.72. The van der Waals surface area contributed by atoms with Crippen molar-refractivity contribution in [1.82, 2.24) is 4.98 Å². The van der Waals surface area contributed by atoms with Crippen molar-refractivity contribution in [1.29, 1.82) is 0 Å². The second kappa shape index (κ2) is 4.12. The smallest absolute Gasteiger partial charge is 0.419 e. The summed E-state index contributed by atoms with van der Waals surface area (Å²) < 4.78 is 36.7. The summed E-state index contributed by atoms with van der Waals surface area (Å²) in [6.45, 7) is 0. The zero-order chi connectivity index (χ0) is 11.8. The number of nitrogens with zero attached hydrogens (tertiary/aromatic N) is 1. The number of hydrogen-bond donors (Lipinski definition) is 0. The fraction of sp³-hybridized carbons (Fsp3) is 0.143. The number of carbonyl (C=O) groups is 1. The molecule has 15 heavy (non-hydrogen) atoms. The molecule has 1 aromatic heterocycles. The van der Waals surface area contributed by atoms with E-state index in [-0.39, 0.29) is 5.15 Å². The quantitative estimate of drug-likeness (QED) is 0.572. The van der Waals surface area contributed by atoms with Gasteiger partial charge in [0.1, 0.15) is 8.85 Å². The molecule has 0 atom stereocenters. The van der Waals surface area contributed by atoms with Gasteiger partial charge in [-0.25, -0.2) is 4.98 Å². The number of aromatic nitrogens is 1. The second-order valence-corrected chi connectivity index (χ2v) is 3.85. The third-order valence-corrected chi connectivity index (χ3v) is 2.42.